The molecule has 1 aliphatic rings. The summed E-state index contributed by atoms with van der Waals surface area (Å²) in [5.74, 6) is 1.03. The molecule has 0 spiro atoms. The third kappa shape index (κ3) is 5.86. The highest BCUT2D eigenvalue weighted by Crippen LogP contribution is 2.30. The summed E-state index contributed by atoms with van der Waals surface area (Å²) in [5.41, 5.74) is 0. The van der Waals surface area contributed by atoms with Crippen molar-refractivity contribution in [2.45, 2.75) is 58.9 Å². The van der Waals surface area contributed by atoms with Crippen LogP contribution in [0, 0.1) is 5.92 Å². The van der Waals surface area contributed by atoms with Crippen molar-refractivity contribution in [3.05, 3.63) is 0 Å². The van der Waals surface area contributed by atoms with Crippen molar-refractivity contribution in [2.75, 3.05) is 26.2 Å². The summed E-state index contributed by atoms with van der Waals surface area (Å²) >= 11 is 0. The fourth-order valence-electron chi connectivity index (χ4n) is 2.26. The smallest absolute Gasteiger partial charge is 0.00674 e. The Hall–Kier alpha value is -0.0800. The monoisotopic (exact) mass is 226 g/mol. The van der Waals surface area contributed by atoms with Gasteiger partial charge in [0.2, 0.25) is 0 Å². The van der Waals surface area contributed by atoms with Gasteiger partial charge in [0, 0.05) is 12.6 Å². The molecule has 2 nitrogen and oxygen atoms in total. The van der Waals surface area contributed by atoms with E-state index < -0.39 is 0 Å². The average molecular weight is 226 g/mol. The molecule has 0 aliphatic heterocycles. The minimum absolute atomic E-state index is 0.772. The predicted octanol–water partition coefficient (Wildman–Crippen LogP) is 2.89. The van der Waals surface area contributed by atoms with Gasteiger partial charge in [0.1, 0.15) is 0 Å². The molecule has 1 aliphatic carbocycles. The van der Waals surface area contributed by atoms with Crippen molar-refractivity contribution >= 4 is 0 Å². The Morgan fingerprint density at radius 2 is 2.00 bits per heavy atom. The van der Waals surface area contributed by atoms with E-state index in [4.69, 9.17) is 0 Å². The molecule has 0 aromatic carbocycles. The van der Waals surface area contributed by atoms with E-state index in [-0.39, 0.29) is 0 Å². The van der Waals surface area contributed by atoms with Crippen LogP contribution in [-0.4, -0.2) is 37.1 Å². The Morgan fingerprint density at radius 1 is 1.25 bits per heavy atom. The first-order chi connectivity index (χ1) is 7.77. The normalized spacial score (nSPS) is 18.0. The quantitative estimate of drug-likeness (QED) is 0.576. The predicted molar refractivity (Wildman–Crippen MR) is 71.8 cm³/mol. The van der Waals surface area contributed by atoms with Crippen molar-refractivity contribution in [3.63, 3.8) is 0 Å². The fourth-order valence-corrected chi connectivity index (χ4v) is 2.26. The molecule has 2 heteroatoms. The molecule has 1 atom stereocenters. The van der Waals surface area contributed by atoms with Gasteiger partial charge in [-0.1, -0.05) is 13.8 Å². The van der Waals surface area contributed by atoms with Crippen molar-refractivity contribution in [3.8, 4) is 0 Å². The van der Waals surface area contributed by atoms with Crippen LogP contribution in [0.25, 0.3) is 0 Å². The molecule has 0 radical (unpaired) electrons. The zero-order chi connectivity index (χ0) is 11.8. The lowest BCUT2D eigenvalue weighted by molar-refractivity contribution is 0.199. The summed E-state index contributed by atoms with van der Waals surface area (Å²) in [5, 5.41) is 3.48. The lowest BCUT2D eigenvalue weighted by atomic mass is 10.1. The molecule has 1 saturated carbocycles. The van der Waals surface area contributed by atoms with Crippen molar-refractivity contribution in [1.82, 2.24) is 10.2 Å². The van der Waals surface area contributed by atoms with E-state index in [1.165, 1.54) is 58.3 Å². The highest BCUT2D eigenvalue weighted by Gasteiger charge is 2.25. The van der Waals surface area contributed by atoms with Crippen LogP contribution >= 0.6 is 0 Å². The first kappa shape index (κ1) is 14.0. The Bertz CT molecular complexity index is 166. The second-order valence-electron chi connectivity index (χ2n) is 5.27. The lowest BCUT2D eigenvalue weighted by Crippen LogP contribution is -2.35. The van der Waals surface area contributed by atoms with Crippen LogP contribution in [0.2, 0.25) is 0 Å². The maximum atomic E-state index is 3.48. The van der Waals surface area contributed by atoms with Gasteiger partial charge in [0.25, 0.3) is 0 Å². The Labute approximate surface area is 102 Å². The number of hydrogen-bond donors (Lipinski definition) is 1. The summed E-state index contributed by atoms with van der Waals surface area (Å²) in [4.78, 5) is 2.66. The van der Waals surface area contributed by atoms with Gasteiger partial charge in [-0.05, 0) is 64.6 Å². The number of hydrogen-bond acceptors (Lipinski definition) is 2. The molecule has 0 amide bonds. The molecule has 1 fully saturated rings. The van der Waals surface area contributed by atoms with Gasteiger partial charge in [0.15, 0.2) is 0 Å². The highest BCUT2D eigenvalue weighted by atomic mass is 15.1. The fraction of sp³-hybridized carbons (Fsp3) is 1.00. The van der Waals surface area contributed by atoms with Crippen LogP contribution in [0.15, 0.2) is 0 Å². The minimum Gasteiger partial charge on any atom is -0.317 e. The maximum absolute atomic E-state index is 3.48. The molecule has 0 aromatic heterocycles. The molecule has 96 valence electrons. The van der Waals surface area contributed by atoms with E-state index in [9.17, 15) is 0 Å². The van der Waals surface area contributed by atoms with E-state index >= 15 is 0 Å². The van der Waals surface area contributed by atoms with Crippen LogP contribution in [0.4, 0.5) is 0 Å². The SMILES string of the molecule is CCCNCCCC(C)N(CC)CC1CC1. The molecule has 0 heterocycles. The van der Waals surface area contributed by atoms with Gasteiger partial charge in [-0.3, -0.25) is 0 Å². The first-order valence-electron chi connectivity index (χ1n) is 7.22. The topological polar surface area (TPSA) is 15.3 Å². The zero-order valence-corrected chi connectivity index (χ0v) is 11.5. The van der Waals surface area contributed by atoms with Crippen LogP contribution in [0.1, 0.15) is 52.9 Å². The molecule has 0 saturated heterocycles. The molecular formula is C14H30N2. The molecule has 1 N–H and O–H groups in total. The van der Waals surface area contributed by atoms with Crippen molar-refractivity contribution in [2.24, 2.45) is 5.92 Å². The van der Waals surface area contributed by atoms with E-state index in [2.05, 4.69) is 31.0 Å². The van der Waals surface area contributed by atoms with E-state index in [0.717, 1.165) is 12.0 Å². The molecule has 0 bridgehead atoms. The summed E-state index contributed by atoms with van der Waals surface area (Å²) < 4.78 is 0. The van der Waals surface area contributed by atoms with Crippen LogP contribution in [-0.2, 0) is 0 Å². The van der Waals surface area contributed by atoms with Crippen molar-refractivity contribution < 1.29 is 0 Å². The molecule has 1 unspecified atom stereocenters. The largest absolute Gasteiger partial charge is 0.317 e. The third-order valence-electron chi connectivity index (χ3n) is 3.62. The second kappa shape index (κ2) is 8.08. The maximum Gasteiger partial charge on any atom is 0.00674 e. The van der Waals surface area contributed by atoms with Gasteiger partial charge < -0.3 is 10.2 Å². The highest BCUT2D eigenvalue weighted by molar-refractivity contribution is 4.79. The Kier molecular flexibility index (Phi) is 7.06. The van der Waals surface area contributed by atoms with E-state index in [1.807, 2.05) is 0 Å². The van der Waals surface area contributed by atoms with Gasteiger partial charge in [-0.2, -0.15) is 0 Å². The van der Waals surface area contributed by atoms with Crippen molar-refractivity contribution in [1.29, 1.82) is 0 Å². The molecule has 1 rings (SSSR count). The van der Waals surface area contributed by atoms with Crippen LogP contribution in [0.3, 0.4) is 0 Å². The number of nitrogens with one attached hydrogen (secondary N) is 1. The van der Waals surface area contributed by atoms with Gasteiger partial charge in [-0.25, -0.2) is 0 Å². The lowest BCUT2D eigenvalue weighted by Gasteiger charge is -2.27. The standard InChI is InChI=1S/C14H30N2/c1-4-10-15-11-6-7-13(3)16(5-2)12-14-8-9-14/h13-15H,4-12H2,1-3H3. The van der Waals surface area contributed by atoms with Crippen LogP contribution in [0.5, 0.6) is 0 Å². The summed E-state index contributed by atoms with van der Waals surface area (Å²) in [6.07, 6.45) is 6.86. The molecule has 16 heavy (non-hydrogen) atoms. The summed E-state index contributed by atoms with van der Waals surface area (Å²) in [6.45, 7) is 11.9. The third-order valence-corrected chi connectivity index (χ3v) is 3.62. The zero-order valence-electron chi connectivity index (χ0n) is 11.5. The average Bonchev–Trinajstić information content (AvgIpc) is 3.09. The van der Waals surface area contributed by atoms with Gasteiger partial charge >= 0.3 is 0 Å². The first-order valence-corrected chi connectivity index (χ1v) is 7.22. The van der Waals surface area contributed by atoms with E-state index in [1.54, 1.807) is 0 Å². The summed E-state index contributed by atoms with van der Waals surface area (Å²) in [6, 6.07) is 0.772. The Balaban J connectivity index is 2.03. The molecular weight excluding hydrogens is 196 g/mol. The van der Waals surface area contributed by atoms with E-state index in [0.29, 0.717) is 0 Å². The van der Waals surface area contributed by atoms with Gasteiger partial charge in [-0.15, -0.1) is 0 Å². The Morgan fingerprint density at radius 3 is 2.56 bits per heavy atom. The van der Waals surface area contributed by atoms with Crippen LogP contribution < -0.4 is 5.32 Å². The second-order valence-corrected chi connectivity index (χ2v) is 5.27. The minimum atomic E-state index is 0.772. The van der Waals surface area contributed by atoms with Gasteiger partial charge in [0.05, 0.1) is 0 Å². The number of rotatable bonds is 10. The number of nitrogens with zero attached hydrogens (tertiary/aromatic N) is 1. The summed E-state index contributed by atoms with van der Waals surface area (Å²) in [7, 11) is 0. The molecule has 0 aromatic rings.